The van der Waals surface area contributed by atoms with E-state index in [0.29, 0.717) is 18.0 Å². The summed E-state index contributed by atoms with van der Waals surface area (Å²) in [7, 11) is 0. The van der Waals surface area contributed by atoms with Crippen LogP contribution in [0.1, 0.15) is 39.0 Å². The van der Waals surface area contributed by atoms with Crippen LogP contribution in [0.3, 0.4) is 0 Å². The number of benzene rings is 2. The van der Waals surface area contributed by atoms with Gasteiger partial charge in [0.25, 0.3) is 5.91 Å². The number of rotatable bonds is 9. The molecule has 1 amide bonds. The predicted molar refractivity (Wildman–Crippen MR) is 135 cm³/mol. The molecule has 0 saturated carbocycles. The van der Waals surface area contributed by atoms with Crippen molar-refractivity contribution in [3.63, 3.8) is 0 Å². The van der Waals surface area contributed by atoms with Gasteiger partial charge in [-0.15, -0.1) is 10.2 Å². The van der Waals surface area contributed by atoms with Crippen LogP contribution in [0.5, 0.6) is 11.5 Å². The Balaban J connectivity index is 1.27. The Morgan fingerprint density at radius 3 is 2.15 bits per heavy atom. The second-order valence-corrected chi connectivity index (χ2v) is 8.41. The van der Waals surface area contributed by atoms with Crippen molar-refractivity contribution in [1.29, 1.82) is 0 Å². The van der Waals surface area contributed by atoms with E-state index in [-0.39, 0.29) is 12.5 Å². The molecule has 1 aromatic heterocycles. The molecule has 7 nitrogen and oxygen atoms in total. The number of hydrogen-bond donors (Lipinski definition) is 1. The highest BCUT2D eigenvalue weighted by Crippen LogP contribution is 2.22. The second kappa shape index (κ2) is 12.0. The SMILES string of the molecule is CCCOc1ccc(OCC(=O)Nc2ccc(-c3ccc(N4CCCCCC4)nn3)cc2)cc1. The normalized spacial score (nSPS) is 13.7. The molecule has 0 aliphatic carbocycles. The molecule has 0 unspecified atom stereocenters. The van der Waals surface area contributed by atoms with Gasteiger partial charge in [0.2, 0.25) is 0 Å². The molecule has 0 radical (unpaired) electrons. The average Bonchev–Trinajstić information content (AvgIpc) is 3.17. The van der Waals surface area contributed by atoms with E-state index >= 15 is 0 Å². The lowest BCUT2D eigenvalue weighted by atomic mass is 10.1. The predicted octanol–water partition coefficient (Wildman–Crippen LogP) is 5.33. The van der Waals surface area contributed by atoms with Gasteiger partial charge in [0.1, 0.15) is 11.5 Å². The molecule has 34 heavy (non-hydrogen) atoms. The molecule has 0 bridgehead atoms. The van der Waals surface area contributed by atoms with Gasteiger partial charge in [-0.2, -0.15) is 0 Å². The van der Waals surface area contributed by atoms with Crippen molar-refractivity contribution in [3.8, 4) is 22.8 Å². The average molecular weight is 461 g/mol. The number of nitrogens with one attached hydrogen (secondary N) is 1. The zero-order valence-corrected chi connectivity index (χ0v) is 19.7. The van der Waals surface area contributed by atoms with E-state index in [1.807, 2.05) is 48.5 Å². The quantitative estimate of drug-likeness (QED) is 0.465. The molecule has 1 N–H and O–H groups in total. The lowest BCUT2D eigenvalue weighted by molar-refractivity contribution is -0.118. The number of hydrogen-bond acceptors (Lipinski definition) is 6. The third-order valence-electron chi connectivity index (χ3n) is 5.71. The Hall–Kier alpha value is -3.61. The van der Waals surface area contributed by atoms with Crippen LogP contribution in [0.4, 0.5) is 11.5 Å². The molecule has 3 aromatic rings. The molecule has 178 valence electrons. The Morgan fingerprint density at radius 1 is 0.853 bits per heavy atom. The molecule has 2 aromatic carbocycles. The lowest BCUT2D eigenvalue weighted by Crippen LogP contribution is -2.25. The Labute approximate surface area is 201 Å². The first-order valence-electron chi connectivity index (χ1n) is 12.1. The summed E-state index contributed by atoms with van der Waals surface area (Å²) in [6, 6.07) is 18.9. The first-order valence-corrected chi connectivity index (χ1v) is 12.1. The zero-order valence-electron chi connectivity index (χ0n) is 19.7. The van der Waals surface area contributed by atoms with Crippen molar-refractivity contribution < 1.29 is 14.3 Å². The van der Waals surface area contributed by atoms with Crippen molar-refractivity contribution in [2.45, 2.75) is 39.0 Å². The largest absolute Gasteiger partial charge is 0.494 e. The maximum atomic E-state index is 12.3. The molecule has 2 heterocycles. The minimum absolute atomic E-state index is 0.0691. The topological polar surface area (TPSA) is 76.6 Å². The summed E-state index contributed by atoms with van der Waals surface area (Å²) in [4.78, 5) is 14.6. The maximum absolute atomic E-state index is 12.3. The van der Waals surface area contributed by atoms with Gasteiger partial charge in [0, 0.05) is 24.3 Å². The number of carbonyl (C=O) groups is 1. The fraction of sp³-hybridized carbons (Fsp3) is 0.370. The third-order valence-corrected chi connectivity index (χ3v) is 5.71. The molecule has 1 aliphatic rings. The van der Waals surface area contributed by atoms with Crippen LogP contribution in [0.15, 0.2) is 60.7 Å². The number of aromatic nitrogens is 2. The van der Waals surface area contributed by atoms with Crippen LogP contribution in [0, 0.1) is 0 Å². The summed E-state index contributed by atoms with van der Waals surface area (Å²) in [6.45, 7) is 4.76. The standard InChI is InChI=1S/C27H32N4O3/c1-2-19-33-23-11-13-24(14-12-23)34-20-27(32)28-22-9-7-21(8-10-22)25-15-16-26(30-29-25)31-17-5-3-4-6-18-31/h7-16H,2-6,17-20H2,1H3,(H,28,32). The van der Waals surface area contributed by atoms with E-state index in [0.717, 1.165) is 42.3 Å². The van der Waals surface area contributed by atoms with Gasteiger partial charge < -0.3 is 19.7 Å². The number of ether oxygens (including phenoxy) is 2. The molecule has 4 rings (SSSR count). The van der Waals surface area contributed by atoms with Gasteiger partial charge in [0.05, 0.1) is 12.3 Å². The monoisotopic (exact) mass is 460 g/mol. The van der Waals surface area contributed by atoms with Gasteiger partial charge in [-0.05, 0) is 67.8 Å². The maximum Gasteiger partial charge on any atom is 0.262 e. The van der Waals surface area contributed by atoms with E-state index in [2.05, 4.69) is 27.3 Å². The van der Waals surface area contributed by atoms with Crippen LogP contribution in [-0.4, -0.2) is 42.4 Å². The highest BCUT2D eigenvalue weighted by atomic mass is 16.5. The first kappa shape index (κ1) is 23.5. The van der Waals surface area contributed by atoms with Gasteiger partial charge in [-0.25, -0.2) is 0 Å². The second-order valence-electron chi connectivity index (χ2n) is 8.41. The fourth-order valence-corrected chi connectivity index (χ4v) is 3.87. The summed E-state index contributed by atoms with van der Waals surface area (Å²) < 4.78 is 11.1. The lowest BCUT2D eigenvalue weighted by Gasteiger charge is -2.20. The van der Waals surface area contributed by atoms with Crippen molar-refractivity contribution >= 4 is 17.4 Å². The van der Waals surface area contributed by atoms with Crippen LogP contribution in [-0.2, 0) is 4.79 Å². The molecule has 1 fully saturated rings. The Bertz CT molecular complexity index is 1030. The summed E-state index contributed by atoms with van der Waals surface area (Å²) in [5.74, 6) is 2.13. The number of nitrogens with zero attached hydrogens (tertiary/aromatic N) is 3. The third kappa shape index (κ3) is 6.70. The summed E-state index contributed by atoms with van der Waals surface area (Å²) in [5, 5.41) is 11.7. The van der Waals surface area contributed by atoms with Crippen LogP contribution < -0.4 is 19.7 Å². The first-order chi connectivity index (χ1) is 16.7. The van der Waals surface area contributed by atoms with E-state index < -0.39 is 0 Å². The summed E-state index contributed by atoms with van der Waals surface area (Å²) >= 11 is 0. The molecule has 1 aliphatic heterocycles. The summed E-state index contributed by atoms with van der Waals surface area (Å²) in [6.07, 6.45) is 5.96. The van der Waals surface area contributed by atoms with E-state index in [9.17, 15) is 4.79 Å². The molecule has 0 atom stereocenters. The van der Waals surface area contributed by atoms with E-state index in [1.54, 1.807) is 12.1 Å². The number of amides is 1. The zero-order chi connectivity index (χ0) is 23.6. The van der Waals surface area contributed by atoms with E-state index in [1.165, 1.54) is 25.7 Å². The number of carbonyl (C=O) groups excluding carboxylic acids is 1. The highest BCUT2D eigenvalue weighted by molar-refractivity contribution is 5.92. The summed E-state index contributed by atoms with van der Waals surface area (Å²) in [5.41, 5.74) is 2.47. The van der Waals surface area contributed by atoms with Crippen molar-refractivity contribution in [3.05, 3.63) is 60.7 Å². The molecule has 1 saturated heterocycles. The van der Waals surface area contributed by atoms with Gasteiger partial charge in [-0.1, -0.05) is 31.9 Å². The molecular formula is C27H32N4O3. The van der Waals surface area contributed by atoms with Gasteiger partial charge >= 0.3 is 0 Å². The van der Waals surface area contributed by atoms with Gasteiger partial charge in [-0.3, -0.25) is 4.79 Å². The van der Waals surface area contributed by atoms with Gasteiger partial charge in [0.15, 0.2) is 12.4 Å². The van der Waals surface area contributed by atoms with Crippen molar-refractivity contribution in [2.75, 3.05) is 36.5 Å². The molecule has 0 spiro atoms. The minimum atomic E-state index is -0.222. The highest BCUT2D eigenvalue weighted by Gasteiger charge is 2.12. The molecule has 7 heteroatoms. The smallest absolute Gasteiger partial charge is 0.262 e. The fourth-order valence-electron chi connectivity index (χ4n) is 3.87. The van der Waals surface area contributed by atoms with Crippen molar-refractivity contribution in [2.24, 2.45) is 0 Å². The number of anilines is 2. The van der Waals surface area contributed by atoms with Crippen molar-refractivity contribution in [1.82, 2.24) is 10.2 Å². The minimum Gasteiger partial charge on any atom is -0.494 e. The van der Waals surface area contributed by atoms with E-state index in [4.69, 9.17) is 9.47 Å². The molecular weight excluding hydrogens is 428 g/mol. The van der Waals surface area contributed by atoms with Crippen LogP contribution in [0.2, 0.25) is 0 Å². The Kier molecular flexibility index (Phi) is 8.32. The van der Waals surface area contributed by atoms with Crippen LogP contribution >= 0.6 is 0 Å². The Morgan fingerprint density at radius 2 is 1.53 bits per heavy atom. The van der Waals surface area contributed by atoms with Crippen LogP contribution in [0.25, 0.3) is 11.3 Å².